The first-order valence-corrected chi connectivity index (χ1v) is 6.49. The minimum absolute atomic E-state index is 0.0886. The molecule has 1 aromatic carbocycles. The van der Waals surface area contributed by atoms with Crippen LogP contribution in [0.1, 0.15) is 43.9 Å². The summed E-state index contributed by atoms with van der Waals surface area (Å²) in [4.78, 5) is 0. The molecule has 1 aliphatic heterocycles. The predicted molar refractivity (Wildman–Crippen MR) is 71.2 cm³/mol. The molecule has 0 spiro atoms. The largest absolute Gasteiger partial charge is 0.378 e. The topological polar surface area (TPSA) is 21.3 Å². The monoisotopic (exact) mass is 233 g/mol. The molecular weight excluding hydrogens is 210 g/mol. The van der Waals surface area contributed by atoms with Crippen molar-refractivity contribution in [3.05, 3.63) is 35.4 Å². The van der Waals surface area contributed by atoms with Gasteiger partial charge in [0, 0.05) is 19.6 Å². The molecule has 94 valence electrons. The van der Waals surface area contributed by atoms with Crippen molar-refractivity contribution in [1.29, 1.82) is 0 Å². The van der Waals surface area contributed by atoms with E-state index in [1.54, 1.807) is 7.11 Å². The van der Waals surface area contributed by atoms with E-state index in [2.05, 4.69) is 43.4 Å². The highest BCUT2D eigenvalue weighted by Crippen LogP contribution is 2.28. The Labute approximate surface area is 104 Å². The van der Waals surface area contributed by atoms with Gasteiger partial charge in [-0.2, -0.15) is 0 Å². The molecule has 0 saturated carbocycles. The smallest absolute Gasteiger partial charge is 0.0663 e. The Bertz CT molecular complexity index is 367. The van der Waals surface area contributed by atoms with E-state index in [0.717, 1.165) is 13.0 Å². The number of benzene rings is 1. The minimum atomic E-state index is -0.0886. The van der Waals surface area contributed by atoms with Crippen LogP contribution in [0.4, 0.5) is 0 Å². The van der Waals surface area contributed by atoms with E-state index in [1.807, 2.05) is 0 Å². The molecule has 0 amide bonds. The lowest BCUT2D eigenvalue weighted by molar-refractivity contribution is 0.0230. The van der Waals surface area contributed by atoms with Crippen LogP contribution in [0.5, 0.6) is 0 Å². The molecule has 0 aromatic heterocycles. The van der Waals surface area contributed by atoms with Crippen molar-refractivity contribution >= 4 is 0 Å². The molecule has 17 heavy (non-hydrogen) atoms. The van der Waals surface area contributed by atoms with Crippen molar-refractivity contribution in [2.45, 2.75) is 44.8 Å². The van der Waals surface area contributed by atoms with Crippen molar-refractivity contribution in [3.63, 3.8) is 0 Å². The molecule has 1 saturated heterocycles. The quantitative estimate of drug-likeness (QED) is 0.863. The Kier molecular flexibility index (Phi) is 3.85. The first-order chi connectivity index (χ1) is 8.12. The van der Waals surface area contributed by atoms with E-state index < -0.39 is 0 Å². The van der Waals surface area contributed by atoms with Crippen LogP contribution in [-0.4, -0.2) is 19.3 Å². The van der Waals surface area contributed by atoms with Gasteiger partial charge >= 0.3 is 0 Å². The maximum absolute atomic E-state index is 5.54. The summed E-state index contributed by atoms with van der Waals surface area (Å²) in [7, 11) is 1.79. The fourth-order valence-corrected chi connectivity index (χ4v) is 2.52. The lowest BCUT2D eigenvalue weighted by atomic mass is 9.91. The molecule has 0 bridgehead atoms. The van der Waals surface area contributed by atoms with Crippen LogP contribution >= 0.6 is 0 Å². The Morgan fingerprint density at radius 2 is 2.12 bits per heavy atom. The summed E-state index contributed by atoms with van der Waals surface area (Å²) in [5.41, 5.74) is 2.78. The van der Waals surface area contributed by atoms with Gasteiger partial charge in [-0.3, -0.25) is 0 Å². The minimum Gasteiger partial charge on any atom is -0.378 e. The molecule has 1 fully saturated rings. The Morgan fingerprint density at radius 1 is 1.35 bits per heavy atom. The number of ether oxygens (including phenoxy) is 1. The average molecular weight is 233 g/mol. The van der Waals surface area contributed by atoms with Gasteiger partial charge in [-0.05, 0) is 44.4 Å². The molecule has 2 heteroatoms. The standard InChI is InChI=1S/C15H23NO/c1-15(2,17-3)11-12-7-4-5-8-13(12)14-9-6-10-16-14/h4-5,7-8,14,16H,6,9-11H2,1-3H3. The van der Waals surface area contributed by atoms with Crippen LogP contribution in [0.3, 0.4) is 0 Å². The van der Waals surface area contributed by atoms with Crippen LogP contribution in [-0.2, 0) is 11.2 Å². The van der Waals surface area contributed by atoms with E-state index in [-0.39, 0.29) is 5.60 Å². The average Bonchev–Trinajstić information content (AvgIpc) is 2.83. The molecule has 0 aliphatic carbocycles. The fraction of sp³-hybridized carbons (Fsp3) is 0.600. The second-order valence-corrected chi connectivity index (χ2v) is 5.49. The van der Waals surface area contributed by atoms with Crippen LogP contribution in [0.15, 0.2) is 24.3 Å². The third kappa shape index (κ3) is 3.08. The molecule has 2 nitrogen and oxygen atoms in total. The van der Waals surface area contributed by atoms with Gasteiger partial charge < -0.3 is 10.1 Å². The summed E-state index contributed by atoms with van der Waals surface area (Å²) >= 11 is 0. The highest BCUT2D eigenvalue weighted by atomic mass is 16.5. The number of methoxy groups -OCH3 is 1. The van der Waals surface area contributed by atoms with Crippen molar-refractivity contribution < 1.29 is 4.74 Å². The summed E-state index contributed by atoms with van der Waals surface area (Å²) in [6, 6.07) is 9.29. The van der Waals surface area contributed by atoms with Crippen LogP contribution < -0.4 is 5.32 Å². The summed E-state index contributed by atoms with van der Waals surface area (Å²) in [6.45, 7) is 5.43. The Balaban J connectivity index is 2.21. The summed E-state index contributed by atoms with van der Waals surface area (Å²) in [5, 5.41) is 3.58. The Hall–Kier alpha value is -0.860. The lowest BCUT2D eigenvalue weighted by Crippen LogP contribution is -2.27. The molecule has 0 radical (unpaired) electrons. The van der Waals surface area contributed by atoms with Gasteiger partial charge in [0.25, 0.3) is 0 Å². The summed E-state index contributed by atoms with van der Waals surface area (Å²) < 4.78 is 5.54. The van der Waals surface area contributed by atoms with E-state index >= 15 is 0 Å². The molecule has 1 aliphatic rings. The predicted octanol–water partition coefficient (Wildman–Crippen LogP) is 3.08. The first-order valence-electron chi connectivity index (χ1n) is 6.49. The number of hydrogen-bond donors (Lipinski definition) is 1. The maximum atomic E-state index is 5.54. The highest BCUT2D eigenvalue weighted by Gasteiger charge is 2.23. The van der Waals surface area contributed by atoms with E-state index in [0.29, 0.717) is 6.04 Å². The third-order valence-electron chi connectivity index (χ3n) is 3.66. The van der Waals surface area contributed by atoms with E-state index in [1.165, 1.54) is 24.0 Å². The van der Waals surface area contributed by atoms with Gasteiger partial charge in [0.05, 0.1) is 5.60 Å². The molecule has 2 rings (SSSR count). The molecule has 1 unspecified atom stereocenters. The number of hydrogen-bond acceptors (Lipinski definition) is 2. The molecular formula is C15H23NO. The lowest BCUT2D eigenvalue weighted by Gasteiger charge is -2.25. The SMILES string of the molecule is COC(C)(C)Cc1ccccc1C1CCCN1. The van der Waals surface area contributed by atoms with Crippen molar-refractivity contribution in [2.75, 3.05) is 13.7 Å². The van der Waals surface area contributed by atoms with Gasteiger partial charge in [0.2, 0.25) is 0 Å². The molecule has 1 aromatic rings. The Morgan fingerprint density at radius 3 is 2.76 bits per heavy atom. The number of nitrogens with one attached hydrogen (secondary N) is 1. The summed E-state index contributed by atoms with van der Waals surface area (Å²) in [5.74, 6) is 0. The molecule has 1 N–H and O–H groups in total. The fourth-order valence-electron chi connectivity index (χ4n) is 2.52. The summed E-state index contributed by atoms with van der Waals surface area (Å²) in [6.07, 6.45) is 3.51. The zero-order valence-corrected chi connectivity index (χ0v) is 11.1. The van der Waals surface area contributed by atoms with Crippen molar-refractivity contribution in [2.24, 2.45) is 0 Å². The first kappa shape index (κ1) is 12.6. The number of rotatable bonds is 4. The zero-order chi connectivity index (χ0) is 12.3. The van der Waals surface area contributed by atoms with E-state index in [9.17, 15) is 0 Å². The van der Waals surface area contributed by atoms with Gasteiger partial charge in [-0.15, -0.1) is 0 Å². The zero-order valence-electron chi connectivity index (χ0n) is 11.1. The molecule has 1 atom stereocenters. The molecule has 1 heterocycles. The highest BCUT2D eigenvalue weighted by molar-refractivity contribution is 5.31. The second-order valence-electron chi connectivity index (χ2n) is 5.49. The third-order valence-corrected chi connectivity index (χ3v) is 3.66. The maximum Gasteiger partial charge on any atom is 0.0663 e. The second kappa shape index (κ2) is 5.19. The normalized spacial score (nSPS) is 20.8. The van der Waals surface area contributed by atoms with Crippen LogP contribution in [0.25, 0.3) is 0 Å². The van der Waals surface area contributed by atoms with E-state index in [4.69, 9.17) is 4.74 Å². The van der Waals surface area contributed by atoms with Gasteiger partial charge in [0.1, 0.15) is 0 Å². The van der Waals surface area contributed by atoms with Gasteiger partial charge in [0.15, 0.2) is 0 Å². The van der Waals surface area contributed by atoms with Crippen molar-refractivity contribution in [3.8, 4) is 0 Å². The van der Waals surface area contributed by atoms with Crippen molar-refractivity contribution in [1.82, 2.24) is 5.32 Å². The van der Waals surface area contributed by atoms with Gasteiger partial charge in [-0.25, -0.2) is 0 Å². The van der Waals surface area contributed by atoms with Crippen LogP contribution in [0.2, 0.25) is 0 Å². The van der Waals surface area contributed by atoms with Gasteiger partial charge in [-0.1, -0.05) is 24.3 Å². The van der Waals surface area contributed by atoms with Crippen LogP contribution in [0, 0.1) is 0 Å².